The predicted molar refractivity (Wildman–Crippen MR) is 133 cm³/mol. The molecule has 0 bridgehead atoms. The van der Waals surface area contributed by atoms with Crippen molar-refractivity contribution in [3.05, 3.63) is 35.5 Å². The molecule has 0 aromatic heterocycles. The van der Waals surface area contributed by atoms with Gasteiger partial charge in [-0.2, -0.15) is 0 Å². The van der Waals surface area contributed by atoms with Crippen LogP contribution >= 0.6 is 0 Å². The first-order valence-electron chi connectivity index (χ1n) is 12.9. The van der Waals surface area contributed by atoms with E-state index in [1.54, 1.807) is 16.7 Å². The first kappa shape index (κ1) is 26.3. The fourth-order valence-electron chi connectivity index (χ4n) is 5.32. The van der Waals surface area contributed by atoms with Crippen molar-refractivity contribution in [1.82, 2.24) is 0 Å². The Morgan fingerprint density at radius 2 is 1.83 bits per heavy atom. The maximum absolute atomic E-state index is 4.47. The van der Waals surface area contributed by atoms with E-state index in [0.29, 0.717) is 0 Å². The SMILES string of the molecule is C=C1C(C)CC1C(CCC1=CC(C)CCC=C1C)CC(CCCC)C(C)C.CC. The van der Waals surface area contributed by atoms with E-state index in [4.69, 9.17) is 0 Å². The zero-order valence-electron chi connectivity index (χ0n) is 21.2. The van der Waals surface area contributed by atoms with Crippen LogP contribution in [0.25, 0.3) is 0 Å². The summed E-state index contributed by atoms with van der Waals surface area (Å²) in [6.07, 6.45) is 17.2. The van der Waals surface area contributed by atoms with Crippen molar-refractivity contribution in [2.75, 3.05) is 0 Å². The maximum Gasteiger partial charge on any atom is -0.0169 e. The molecule has 168 valence electrons. The molecule has 0 heterocycles. The van der Waals surface area contributed by atoms with Crippen LogP contribution in [0.3, 0.4) is 0 Å². The molecule has 0 heteroatoms. The normalized spacial score (nSPS) is 26.5. The van der Waals surface area contributed by atoms with Crippen LogP contribution in [0.5, 0.6) is 0 Å². The van der Waals surface area contributed by atoms with Crippen molar-refractivity contribution in [1.29, 1.82) is 0 Å². The zero-order valence-corrected chi connectivity index (χ0v) is 21.2. The summed E-state index contributed by atoms with van der Waals surface area (Å²) in [5, 5.41) is 0. The van der Waals surface area contributed by atoms with Gasteiger partial charge in [0.15, 0.2) is 0 Å². The second-order valence-corrected chi connectivity index (χ2v) is 10.1. The van der Waals surface area contributed by atoms with Crippen LogP contribution in [0, 0.1) is 35.5 Å². The van der Waals surface area contributed by atoms with Gasteiger partial charge in [0, 0.05) is 0 Å². The minimum Gasteiger partial charge on any atom is -0.0993 e. The molecule has 0 saturated heterocycles. The summed E-state index contributed by atoms with van der Waals surface area (Å²) < 4.78 is 0. The first-order valence-corrected chi connectivity index (χ1v) is 12.9. The van der Waals surface area contributed by atoms with Crippen molar-refractivity contribution in [3.63, 3.8) is 0 Å². The Labute approximate surface area is 184 Å². The van der Waals surface area contributed by atoms with Gasteiger partial charge in [-0.15, -0.1) is 0 Å². The van der Waals surface area contributed by atoms with E-state index in [9.17, 15) is 0 Å². The van der Waals surface area contributed by atoms with Gasteiger partial charge < -0.3 is 0 Å². The van der Waals surface area contributed by atoms with E-state index in [2.05, 4.69) is 60.3 Å². The maximum atomic E-state index is 4.47. The second-order valence-electron chi connectivity index (χ2n) is 10.1. The lowest BCUT2D eigenvalue weighted by atomic mass is 9.62. The van der Waals surface area contributed by atoms with Gasteiger partial charge in [-0.1, -0.05) is 97.6 Å². The fourth-order valence-corrected chi connectivity index (χ4v) is 5.32. The molecule has 2 aliphatic carbocycles. The summed E-state index contributed by atoms with van der Waals surface area (Å²) in [6, 6.07) is 0. The Balaban J connectivity index is 0.00000204. The van der Waals surface area contributed by atoms with Crippen LogP contribution in [0.15, 0.2) is 35.5 Å². The number of allylic oxidation sites excluding steroid dienone is 5. The molecular formula is C29H52. The zero-order chi connectivity index (χ0) is 22.0. The lowest BCUT2D eigenvalue weighted by molar-refractivity contribution is 0.167. The summed E-state index contributed by atoms with van der Waals surface area (Å²) in [4.78, 5) is 0. The van der Waals surface area contributed by atoms with Crippen molar-refractivity contribution in [3.8, 4) is 0 Å². The van der Waals surface area contributed by atoms with Gasteiger partial charge in [0.1, 0.15) is 0 Å². The quantitative estimate of drug-likeness (QED) is 0.320. The second kappa shape index (κ2) is 13.5. The molecule has 2 aliphatic rings. The summed E-state index contributed by atoms with van der Waals surface area (Å²) in [7, 11) is 0. The van der Waals surface area contributed by atoms with E-state index in [-0.39, 0.29) is 0 Å². The highest BCUT2D eigenvalue weighted by atomic mass is 14.4. The van der Waals surface area contributed by atoms with E-state index in [1.165, 1.54) is 57.8 Å². The number of rotatable bonds is 10. The van der Waals surface area contributed by atoms with Crippen molar-refractivity contribution in [2.24, 2.45) is 35.5 Å². The third-order valence-corrected chi connectivity index (χ3v) is 7.61. The van der Waals surface area contributed by atoms with E-state index < -0.39 is 0 Å². The first-order chi connectivity index (χ1) is 13.8. The van der Waals surface area contributed by atoms with Gasteiger partial charge in [0.2, 0.25) is 0 Å². The van der Waals surface area contributed by atoms with Gasteiger partial charge >= 0.3 is 0 Å². The van der Waals surface area contributed by atoms with Crippen LogP contribution in [0.1, 0.15) is 113 Å². The molecule has 0 spiro atoms. The molecule has 0 aliphatic heterocycles. The Hall–Kier alpha value is -0.780. The van der Waals surface area contributed by atoms with Gasteiger partial charge in [-0.25, -0.2) is 0 Å². The predicted octanol–water partition coefficient (Wildman–Crippen LogP) is 9.78. The third kappa shape index (κ3) is 8.10. The van der Waals surface area contributed by atoms with Crippen LogP contribution in [-0.4, -0.2) is 0 Å². The molecule has 2 rings (SSSR count). The average Bonchev–Trinajstić information content (AvgIpc) is 2.87. The Morgan fingerprint density at radius 1 is 1.14 bits per heavy atom. The molecule has 5 atom stereocenters. The van der Waals surface area contributed by atoms with Gasteiger partial charge in [0.05, 0.1) is 0 Å². The molecule has 0 radical (unpaired) electrons. The van der Waals surface area contributed by atoms with E-state index >= 15 is 0 Å². The number of hydrogen-bond acceptors (Lipinski definition) is 0. The molecule has 1 fully saturated rings. The lowest BCUT2D eigenvalue weighted by Crippen LogP contribution is -2.33. The van der Waals surface area contributed by atoms with Crippen molar-refractivity contribution < 1.29 is 0 Å². The summed E-state index contributed by atoms with van der Waals surface area (Å²) in [5.41, 5.74) is 4.73. The largest absolute Gasteiger partial charge is 0.0993 e. The Kier molecular flexibility index (Phi) is 12.2. The molecule has 0 aromatic carbocycles. The Bertz CT molecular complexity index is 532. The minimum absolute atomic E-state index is 0.735. The fraction of sp³-hybridized carbons (Fsp3) is 0.793. The Morgan fingerprint density at radius 3 is 2.38 bits per heavy atom. The number of unbranched alkanes of at least 4 members (excludes halogenated alkanes) is 1. The minimum atomic E-state index is 0.735. The van der Waals surface area contributed by atoms with Crippen LogP contribution in [0.2, 0.25) is 0 Å². The van der Waals surface area contributed by atoms with Crippen LogP contribution < -0.4 is 0 Å². The summed E-state index contributed by atoms with van der Waals surface area (Å²) in [5.74, 6) is 4.81. The third-order valence-electron chi connectivity index (χ3n) is 7.61. The molecule has 5 unspecified atom stereocenters. The molecule has 1 saturated carbocycles. The highest BCUT2D eigenvalue weighted by Crippen LogP contribution is 2.48. The van der Waals surface area contributed by atoms with Gasteiger partial charge in [-0.3, -0.25) is 0 Å². The summed E-state index contributed by atoms with van der Waals surface area (Å²) in [6.45, 7) is 22.8. The van der Waals surface area contributed by atoms with Crippen molar-refractivity contribution in [2.45, 2.75) is 113 Å². The van der Waals surface area contributed by atoms with Crippen LogP contribution in [-0.2, 0) is 0 Å². The topological polar surface area (TPSA) is 0 Å². The smallest absolute Gasteiger partial charge is 0.0169 e. The highest BCUT2D eigenvalue weighted by Gasteiger charge is 2.37. The van der Waals surface area contributed by atoms with Crippen LogP contribution in [0.4, 0.5) is 0 Å². The molecule has 0 nitrogen and oxygen atoms in total. The lowest BCUT2D eigenvalue weighted by Gasteiger charge is -2.43. The van der Waals surface area contributed by atoms with E-state index in [1.807, 2.05) is 13.8 Å². The van der Waals surface area contributed by atoms with Gasteiger partial charge in [0.25, 0.3) is 0 Å². The molecule has 29 heavy (non-hydrogen) atoms. The molecular weight excluding hydrogens is 348 g/mol. The van der Waals surface area contributed by atoms with Crippen molar-refractivity contribution >= 4 is 0 Å². The summed E-state index contributed by atoms with van der Waals surface area (Å²) >= 11 is 0. The van der Waals surface area contributed by atoms with Gasteiger partial charge in [-0.05, 0) is 86.5 Å². The molecule has 0 amide bonds. The molecule has 0 aromatic rings. The highest BCUT2D eigenvalue weighted by molar-refractivity contribution is 5.31. The standard InChI is InChI=1S/C27H46.C2H6/c1-8-9-13-24(19(2)3)18-26(27-17-22(6)23(27)7)15-14-25-16-20(4)11-10-12-21(25)5;1-2/h12,16,19-20,22,24,26-27H,7-11,13-15,17-18H2,1-6H3;1-2H3. The monoisotopic (exact) mass is 400 g/mol. The number of hydrogen-bond donors (Lipinski definition) is 0. The average molecular weight is 401 g/mol. The van der Waals surface area contributed by atoms with E-state index in [0.717, 1.165) is 35.5 Å². The molecule has 0 N–H and O–H groups in total.